The molecule has 96 valence electrons. The molecule has 2 N–H and O–H groups in total. The third kappa shape index (κ3) is 2.54. The zero-order chi connectivity index (χ0) is 13.5. The van der Waals surface area contributed by atoms with E-state index in [0.717, 1.165) is 26.4 Å². The Hall–Kier alpha value is -1.01. The second kappa shape index (κ2) is 4.59. The number of hydrogen-bond acceptors (Lipinski definition) is 2. The summed E-state index contributed by atoms with van der Waals surface area (Å²) in [4.78, 5) is 0.852. The van der Waals surface area contributed by atoms with Gasteiger partial charge in [-0.25, -0.2) is 0 Å². The monoisotopic (exact) mass is 335 g/mol. The van der Waals surface area contributed by atoms with E-state index >= 15 is 0 Å². The van der Waals surface area contributed by atoms with Crippen LogP contribution in [0.15, 0.2) is 28.1 Å². The summed E-state index contributed by atoms with van der Waals surface area (Å²) in [6.45, 7) is 1.92. The number of aryl methyl sites for hydroxylation is 1. The van der Waals surface area contributed by atoms with Gasteiger partial charge in [0.05, 0.1) is 9.35 Å². The van der Waals surface area contributed by atoms with Gasteiger partial charge in [-0.3, -0.25) is 0 Å². The lowest BCUT2D eigenvalue weighted by atomic mass is 10.1. The average Bonchev–Trinajstić information content (AvgIpc) is 2.57. The maximum atomic E-state index is 12.5. The smallest absolute Gasteiger partial charge is 0.398 e. The molecule has 2 rings (SSSR count). The van der Waals surface area contributed by atoms with Crippen molar-refractivity contribution in [3.8, 4) is 10.4 Å². The average molecular weight is 336 g/mol. The number of halogens is 4. The molecule has 2 aromatic rings. The highest BCUT2D eigenvalue weighted by atomic mass is 79.9. The van der Waals surface area contributed by atoms with E-state index in [9.17, 15) is 13.2 Å². The fraction of sp³-hybridized carbons (Fsp3) is 0.167. The topological polar surface area (TPSA) is 26.0 Å². The van der Waals surface area contributed by atoms with Crippen LogP contribution in [0.25, 0.3) is 10.4 Å². The molecule has 6 heteroatoms. The molecular weight excluding hydrogens is 327 g/mol. The third-order valence-electron chi connectivity index (χ3n) is 2.50. The minimum atomic E-state index is -4.36. The van der Waals surface area contributed by atoms with Crippen LogP contribution in [0.5, 0.6) is 0 Å². The van der Waals surface area contributed by atoms with Crippen molar-refractivity contribution in [2.24, 2.45) is 0 Å². The van der Waals surface area contributed by atoms with Crippen molar-refractivity contribution in [2.75, 3.05) is 5.73 Å². The van der Waals surface area contributed by atoms with Crippen LogP contribution >= 0.6 is 27.3 Å². The van der Waals surface area contributed by atoms with Gasteiger partial charge in [-0.05, 0) is 46.6 Å². The van der Waals surface area contributed by atoms with Crippen molar-refractivity contribution in [3.05, 3.63) is 39.2 Å². The molecule has 0 unspecified atom stereocenters. The Morgan fingerprint density at radius 3 is 2.33 bits per heavy atom. The summed E-state index contributed by atoms with van der Waals surface area (Å²) >= 11 is 4.83. The molecule has 18 heavy (non-hydrogen) atoms. The highest BCUT2D eigenvalue weighted by molar-refractivity contribution is 9.11. The Morgan fingerprint density at radius 1 is 1.22 bits per heavy atom. The van der Waals surface area contributed by atoms with Gasteiger partial charge in [0.15, 0.2) is 0 Å². The summed E-state index contributed by atoms with van der Waals surface area (Å²) < 4.78 is 38.5. The van der Waals surface area contributed by atoms with Crippen LogP contribution in [0.4, 0.5) is 18.9 Å². The fourth-order valence-electron chi connectivity index (χ4n) is 1.56. The van der Waals surface area contributed by atoms with Crippen molar-refractivity contribution in [1.82, 2.24) is 0 Å². The van der Waals surface area contributed by atoms with E-state index in [0.29, 0.717) is 5.56 Å². The number of benzene rings is 1. The standard InChI is InChI=1S/C12H9BrF3NS/c1-6-4-10(18-11(6)13)8-3-2-7(5-9(8)17)12(14,15)16/h2-5H,17H2,1H3. The van der Waals surface area contributed by atoms with Crippen molar-refractivity contribution in [3.63, 3.8) is 0 Å². The summed E-state index contributed by atoms with van der Waals surface area (Å²) in [6.07, 6.45) is -4.36. The SMILES string of the molecule is Cc1cc(-c2ccc(C(F)(F)F)cc2N)sc1Br. The van der Waals surface area contributed by atoms with Crippen LogP contribution in [-0.2, 0) is 6.18 Å². The number of alkyl halides is 3. The molecule has 0 aliphatic carbocycles. The lowest BCUT2D eigenvalue weighted by molar-refractivity contribution is -0.137. The van der Waals surface area contributed by atoms with Gasteiger partial charge in [0, 0.05) is 16.1 Å². The molecule has 0 atom stereocenters. The largest absolute Gasteiger partial charge is 0.416 e. The van der Waals surface area contributed by atoms with Crippen molar-refractivity contribution in [1.29, 1.82) is 0 Å². The molecule has 0 aliphatic rings. The van der Waals surface area contributed by atoms with Gasteiger partial charge in [0.1, 0.15) is 0 Å². The van der Waals surface area contributed by atoms with E-state index in [1.54, 1.807) is 0 Å². The second-order valence-corrected chi connectivity index (χ2v) is 6.24. The number of nitrogens with two attached hydrogens (primary N) is 1. The normalized spacial score (nSPS) is 11.8. The first-order valence-corrected chi connectivity index (χ1v) is 6.63. The minimum Gasteiger partial charge on any atom is -0.398 e. The van der Waals surface area contributed by atoms with Crippen molar-refractivity contribution < 1.29 is 13.2 Å². The van der Waals surface area contributed by atoms with Crippen molar-refractivity contribution in [2.45, 2.75) is 13.1 Å². The van der Waals surface area contributed by atoms with E-state index in [1.807, 2.05) is 13.0 Å². The zero-order valence-electron chi connectivity index (χ0n) is 9.31. The Balaban J connectivity index is 2.48. The molecule has 1 heterocycles. The molecule has 0 bridgehead atoms. The zero-order valence-corrected chi connectivity index (χ0v) is 11.7. The summed E-state index contributed by atoms with van der Waals surface area (Å²) in [5.41, 5.74) is 6.78. The first-order chi connectivity index (χ1) is 8.29. The van der Waals surface area contributed by atoms with Crippen LogP contribution in [0.1, 0.15) is 11.1 Å². The van der Waals surface area contributed by atoms with Crippen LogP contribution in [0.3, 0.4) is 0 Å². The van der Waals surface area contributed by atoms with Gasteiger partial charge in [-0.15, -0.1) is 11.3 Å². The van der Waals surface area contributed by atoms with Crippen LogP contribution in [0, 0.1) is 6.92 Å². The van der Waals surface area contributed by atoms with E-state index in [-0.39, 0.29) is 5.69 Å². The van der Waals surface area contributed by atoms with E-state index in [4.69, 9.17) is 5.73 Å². The molecule has 1 nitrogen and oxygen atoms in total. The first-order valence-electron chi connectivity index (χ1n) is 5.02. The van der Waals surface area contributed by atoms with Gasteiger partial charge < -0.3 is 5.73 Å². The van der Waals surface area contributed by atoms with Crippen LogP contribution in [0.2, 0.25) is 0 Å². The van der Waals surface area contributed by atoms with Crippen LogP contribution in [-0.4, -0.2) is 0 Å². The maximum absolute atomic E-state index is 12.5. The van der Waals surface area contributed by atoms with Crippen molar-refractivity contribution >= 4 is 33.0 Å². The quantitative estimate of drug-likeness (QED) is 0.722. The predicted octanol–water partition coefficient (Wildman–Crippen LogP) is 5.09. The fourth-order valence-corrected chi connectivity index (χ4v) is 3.14. The van der Waals surface area contributed by atoms with Gasteiger partial charge in [-0.1, -0.05) is 6.07 Å². The Bertz CT molecular complexity index is 570. The highest BCUT2D eigenvalue weighted by Gasteiger charge is 2.30. The van der Waals surface area contributed by atoms with E-state index in [2.05, 4.69) is 15.9 Å². The molecule has 0 aliphatic heterocycles. The number of nitrogen functional groups attached to an aromatic ring is 1. The number of anilines is 1. The molecule has 0 saturated heterocycles. The maximum Gasteiger partial charge on any atom is 0.416 e. The number of hydrogen-bond donors (Lipinski definition) is 1. The molecule has 0 fully saturated rings. The van der Waals surface area contributed by atoms with Gasteiger partial charge in [-0.2, -0.15) is 13.2 Å². The molecule has 1 aromatic heterocycles. The van der Waals surface area contributed by atoms with E-state index in [1.165, 1.54) is 17.4 Å². The molecule has 0 amide bonds. The Morgan fingerprint density at radius 2 is 1.89 bits per heavy atom. The van der Waals surface area contributed by atoms with Gasteiger partial charge >= 0.3 is 6.18 Å². The molecule has 0 saturated carbocycles. The minimum absolute atomic E-state index is 0.138. The second-order valence-electron chi connectivity index (χ2n) is 3.87. The summed E-state index contributed by atoms with van der Waals surface area (Å²) in [5.74, 6) is 0. The summed E-state index contributed by atoms with van der Waals surface area (Å²) in [6, 6.07) is 5.33. The third-order valence-corrected chi connectivity index (χ3v) is 4.67. The number of rotatable bonds is 1. The molecule has 0 radical (unpaired) electrons. The predicted molar refractivity (Wildman–Crippen MR) is 71.6 cm³/mol. The lowest BCUT2D eigenvalue weighted by Crippen LogP contribution is -2.05. The van der Waals surface area contributed by atoms with Gasteiger partial charge in [0.2, 0.25) is 0 Å². The summed E-state index contributed by atoms with van der Waals surface area (Å²) in [5, 5.41) is 0. The summed E-state index contributed by atoms with van der Waals surface area (Å²) in [7, 11) is 0. The Kier molecular flexibility index (Phi) is 3.42. The Labute approximate surface area is 115 Å². The number of thiophene rings is 1. The first kappa shape index (κ1) is 13.4. The molecular formula is C12H9BrF3NS. The van der Waals surface area contributed by atoms with E-state index < -0.39 is 11.7 Å². The molecule has 0 spiro atoms. The highest BCUT2D eigenvalue weighted by Crippen LogP contribution is 2.39. The van der Waals surface area contributed by atoms with Crippen LogP contribution < -0.4 is 5.73 Å². The lowest BCUT2D eigenvalue weighted by Gasteiger charge is -2.09. The molecule has 1 aromatic carbocycles. The van der Waals surface area contributed by atoms with Gasteiger partial charge in [0.25, 0.3) is 0 Å².